The van der Waals surface area contributed by atoms with E-state index in [1.165, 1.54) is 59.9 Å². The Morgan fingerprint density at radius 1 is 0.600 bits per heavy atom. The molecule has 0 bridgehead atoms. The zero-order chi connectivity index (χ0) is 23.5. The van der Waals surface area contributed by atoms with Crippen molar-refractivity contribution in [2.45, 2.75) is 26.7 Å². The summed E-state index contributed by atoms with van der Waals surface area (Å²) in [4.78, 5) is 5.27. The number of imidazole rings is 1. The number of aryl methyl sites for hydroxylation is 2. The maximum Gasteiger partial charge on any atom is 0.145 e. The smallest absolute Gasteiger partial charge is 0.145 e. The molecule has 0 fully saturated rings. The standard InChI is InChI=1S/C33H26N2/c1-3-21-11-9-12-22(4-2)32(21)30-20-35-31-18-24-17-16-23-10-5-6-13-25(23)28(24)19-29(31)26-14-7-8-15-27(26)33(35)34-30/h5-20H,3-4H2,1-2H3. The monoisotopic (exact) mass is 450 g/mol. The molecule has 2 nitrogen and oxygen atoms in total. The van der Waals surface area contributed by atoms with Gasteiger partial charge in [-0.1, -0.05) is 92.7 Å². The number of benzene rings is 5. The van der Waals surface area contributed by atoms with Crippen molar-refractivity contribution in [3.05, 3.63) is 108 Å². The van der Waals surface area contributed by atoms with Gasteiger partial charge in [0.2, 0.25) is 0 Å². The molecule has 5 aromatic carbocycles. The van der Waals surface area contributed by atoms with E-state index in [1.54, 1.807) is 0 Å². The van der Waals surface area contributed by atoms with Gasteiger partial charge in [-0.15, -0.1) is 0 Å². The molecule has 0 saturated heterocycles. The summed E-state index contributed by atoms with van der Waals surface area (Å²) in [6.45, 7) is 4.46. The SMILES string of the molecule is CCc1cccc(CC)c1-c1cn2c3cc4ccc5ccccc5c4cc3c3ccccc3c2n1. The Kier molecular flexibility index (Phi) is 4.44. The van der Waals surface area contributed by atoms with Gasteiger partial charge in [0.1, 0.15) is 5.65 Å². The molecule has 0 amide bonds. The van der Waals surface area contributed by atoms with Gasteiger partial charge in [0, 0.05) is 22.5 Å². The zero-order valence-electron chi connectivity index (χ0n) is 20.0. The van der Waals surface area contributed by atoms with E-state index in [1.807, 2.05) is 0 Å². The van der Waals surface area contributed by atoms with Gasteiger partial charge in [0.05, 0.1) is 11.2 Å². The normalized spacial score (nSPS) is 11.9. The number of nitrogens with zero attached hydrogens (tertiary/aromatic N) is 2. The fourth-order valence-electron chi connectivity index (χ4n) is 5.82. The molecule has 35 heavy (non-hydrogen) atoms. The summed E-state index contributed by atoms with van der Waals surface area (Å²) in [7, 11) is 0. The van der Waals surface area contributed by atoms with Crippen molar-refractivity contribution < 1.29 is 0 Å². The lowest BCUT2D eigenvalue weighted by Crippen LogP contribution is -1.94. The third-order valence-electron chi connectivity index (χ3n) is 7.54. The summed E-state index contributed by atoms with van der Waals surface area (Å²) in [6, 6.07) is 33.2. The van der Waals surface area contributed by atoms with Crippen LogP contribution in [0, 0.1) is 0 Å². The topological polar surface area (TPSA) is 17.3 Å². The summed E-state index contributed by atoms with van der Waals surface area (Å²) in [6.07, 6.45) is 4.25. The molecule has 2 heterocycles. The Bertz CT molecular complexity index is 1900. The highest BCUT2D eigenvalue weighted by Gasteiger charge is 2.17. The van der Waals surface area contributed by atoms with Gasteiger partial charge >= 0.3 is 0 Å². The predicted octanol–water partition coefficient (Wildman–Crippen LogP) is 8.74. The first-order chi connectivity index (χ1) is 17.3. The first-order valence-electron chi connectivity index (χ1n) is 12.5. The van der Waals surface area contributed by atoms with Gasteiger partial charge in [0.25, 0.3) is 0 Å². The number of fused-ring (bicyclic) bond motifs is 9. The molecule has 7 rings (SSSR count). The van der Waals surface area contributed by atoms with Crippen LogP contribution < -0.4 is 0 Å². The van der Waals surface area contributed by atoms with E-state index < -0.39 is 0 Å². The molecular formula is C33H26N2. The Morgan fingerprint density at radius 3 is 2.06 bits per heavy atom. The fraction of sp³-hybridized carbons (Fsp3) is 0.121. The third-order valence-corrected chi connectivity index (χ3v) is 7.54. The van der Waals surface area contributed by atoms with E-state index in [9.17, 15) is 0 Å². The molecule has 0 aliphatic carbocycles. The Hall–Kier alpha value is -4.17. The molecule has 168 valence electrons. The lowest BCUT2D eigenvalue weighted by Gasteiger charge is -2.11. The maximum absolute atomic E-state index is 5.27. The lowest BCUT2D eigenvalue weighted by atomic mass is 9.95. The molecule has 2 heteroatoms. The number of pyridine rings is 1. The molecule has 0 spiro atoms. The van der Waals surface area contributed by atoms with Gasteiger partial charge in [-0.25, -0.2) is 4.98 Å². The molecule has 0 aliphatic heterocycles. The van der Waals surface area contributed by atoms with Crippen LogP contribution in [-0.4, -0.2) is 9.38 Å². The molecule has 0 saturated carbocycles. The molecule has 0 atom stereocenters. The molecule has 2 aromatic heterocycles. The predicted molar refractivity (Wildman–Crippen MR) is 149 cm³/mol. The van der Waals surface area contributed by atoms with Crippen molar-refractivity contribution >= 4 is 48.9 Å². The van der Waals surface area contributed by atoms with Crippen molar-refractivity contribution in [1.82, 2.24) is 9.38 Å². The highest BCUT2D eigenvalue weighted by Crippen LogP contribution is 2.37. The van der Waals surface area contributed by atoms with Crippen molar-refractivity contribution in [1.29, 1.82) is 0 Å². The van der Waals surface area contributed by atoms with E-state index >= 15 is 0 Å². The average molecular weight is 451 g/mol. The summed E-state index contributed by atoms with van der Waals surface area (Å²) in [5.41, 5.74) is 7.31. The lowest BCUT2D eigenvalue weighted by molar-refractivity contribution is 1.09. The van der Waals surface area contributed by atoms with Gasteiger partial charge in [-0.05, 0) is 63.0 Å². The second-order valence-electron chi connectivity index (χ2n) is 9.40. The molecule has 0 aliphatic rings. The fourth-order valence-corrected chi connectivity index (χ4v) is 5.82. The summed E-state index contributed by atoms with van der Waals surface area (Å²) in [5.74, 6) is 0. The summed E-state index contributed by atoms with van der Waals surface area (Å²) >= 11 is 0. The van der Waals surface area contributed by atoms with E-state index in [0.717, 1.165) is 24.2 Å². The summed E-state index contributed by atoms with van der Waals surface area (Å²) < 4.78 is 2.31. The highest BCUT2D eigenvalue weighted by atomic mass is 15.0. The van der Waals surface area contributed by atoms with Gasteiger partial charge in [0.15, 0.2) is 0 Å². The third kappa shape index (κ3) is 2.93. The van der Waals surface area contributed by atoms with Crippen LogP contribution in [0.1, 0.15) is 25.0 Å². The van der Waals surface area contributed by atoms with Crippen LogP contribution in [0.5, 0.6) is 0 Å². The largest absolute Gasteiger partial charge is 0.298 e. The quantitative estimate of drug-likeness (QED) is 0.194. The van der Waals surface area contributed by atoms with Crippen molar-refractivity contribution in [3.63, 3.8) is 0 Å². The van der Waals surface area contributed by atoms with Crippen LogP contribution in [0.15, 0.2) is 97.2 Å². The van der Waals surface area contributed by atoms with Crippen LogP contribution in [0.25, 0.3) is 60.1 Å². The van der Waals surface area contributed by atoms with Crippen molar-refractivity contribution in [3.8, 4) is 11.3 Å². The zero-order valence-corrected chi connectivity index (χ0v) is 20.0. The Balaban J connectivity index is 1.65. The minimum Gasteiger partial charge on any atom is -0.298 e. The number of hydrogen-bond donors (Lipinski definition) is 0. The first-order valence-corrected chi connectivity index (χ1v) is 12.5. The minimum atomic E-state index is 0.996. The van der Waals surface area contributed by atoms with Gasteiger partial charge in [-0.3, -0.25) is 4.40 Å². The van der Waals surface area contributed by atoms with Crippen LogP contribution in [-0.2, 0) is 12.8 Å². The number of rotatable bonds is 3. The number of aromatic nitrogens is 2. The highest BCUT2D eigenvalue weighted by molar-refractivity contribution is 6.19. The van der Waals surface area contributed by atoms with E-state index in [4.69, 9.17) is 4.98 Å². The average Bonchev–Trinajstić information content (AvgIpc) is 3.37. The van der Waals surface area contributed by atoms with Crippen molar-refractivity contribution in [2.24, 2.45) is 0 Å². The van der Waals surface area contributed by atoms with Crippen LogP contribution in [0.4, 0.5) is 0 Å². The maximum atomic E-state index is 5.27. The van der Waals surface area contributed by atoms with E-state index in [2.05, 4.69) is 115 Å². The Labute approximate surface area is 204 Å². The van der Waals surface area contributed by atoms with Gasteiger partial charge < -0.3 is 0 Å². The van der Waals surface area contributed by atoms with Crippen LogP contribution in [0.3, 0.4) is 0 Å². The number of hydrogen-bond acceptors (Lipinski definition) is 1. The van der Waals surface area contributed by atoms with E-state index in [-0.39, 0.29) is 0 Å². The molecule has 0 unspecified atom stereocenters. The van der Waals surface area contributed by atoms with Crippen LogP contribution in [0.2, 0.25) is 0 Å². The summed E-state index contributed by atoms with van der Waals surface area (Å²) in [5, 5.41) is 8.83. The molecular weight excluding hydrogens is 424 g/mol. The molecule has 7 aromatic rings. The van der Waals surface area contributed by atoms with Crippen LogP contribution >= 0.6 is 0 Å². The second kappa shape index (κ2) is 7.68. The Morgan fingerprint density at radius 2 is 1.29 bits per heavy atom. The second-order valence-corrected chi connectivity index (χ2v) is 9.40. The van der Waals surface area contributed by atoms with Crippen molar-refractivity contribution in [2.75, 3.05) is 0 Å². The molecule has 0 N–H and O–H groups in total. The molecule has 0 radical (unpaired) electrons. The van der Waals surface area contributed by atoms with E-state index in [0.29, 0.717) is 0 Å². The van der Waals surface area contributed by atoms with Gasteiger partial charge in [-0.2, -0.15) is 0 Å². The minimum absolute atomic E-state index is 0.996. The first kappa shape index (κ1) is 20.2.